The van der Waals surface area contributed by atoms with E-state index in [1.807, 2.05) is 30.3 Å². The van der Waals surface area contributed by atoms with Crippen molar-refractivity contribution in [3.63, 3.8) is 0 Å². The van der Waals surface area contributed by atoms with Crippen LogP contribution in [0.5, 0.6) is 0 Å². The molecule has 2 aliphatic rings. The Morgan fingerprint density at radius 3 is 2.50 bits per heavy atom. The summed E-state index contributed by atoms with van der Waals surface area (Å²) >= 11 is 0. The summed E-state index contributed by atoms with van der Waals surface area (Å²) in [6.07, 6.45) is 2.14. The molecule has 0 spiro atoms. The zero-order valence-electron chi connectivity index (χ0n) is 10.6. The Morgan fingerprint density at radius 1 is 1.17 bits per heavy atom. The molecule has 1 heterocycles. The Balaban J connectivity index is 1.50. The van der Waals surface area contributed by atoms with Gasteiger partial charge in [0.25, 0.3) is 0 Å². The quantitative estimate of drug-likeness (QED) is 0.847. The molecule has 1 aromatic carbocycles. The monoisotopic (exact) mass is 244 g/mol. The molecule has 0 radical (unpaired) electrons. The van der Waals surface area contributed by atoms with E-state index in [0.29, 0.717) is 6.54 Å². The summed E-state index contributed by atoms with van der Waals surface area (Å²) < 4.78 is 0. The molecule has 1 saturated carbocycles. The lowest BCUT2D eigenvalue weighted by Gasteiger charge is -2.12. The van der Waals surface area contributed by atoms with Crippen LogP contribution in [0.4, 0.5) is 0 Å². The number of hydrogen-bond donors (Lipinski definition) is 2. The van der Waals surface area contributed by atoms with Crippen LogP contribution >= 0.6 is 0 Å². The van der Waals surface area contributed by atoms with E-state index in [9.17, 15) is 4.79 Å². The first-order valence-corrected chi connectivity index (χ1v) is 6.85. The molecule has 3 heteroatoms. The third-order valence-electron chi connectivity index (χ3n) is 4.33. The van der Waals surface area contributed by atoms with Crippen molar-refractivity contribution in [1.82, 2.24) is 10.6 Å². The van der Waals surface area contributed by atoms with Gasteiger partial charge in [-0.05, 0) is 43.3 Å². The van der Waals surface area contributed by atoms with Gasteiger partial charge in [0.05, 0.1) is 0 Å². The van der Waals surface area contributed by atoms with Crippen LogP contribution in [-0.2, 0) is 11.3 Å². The van der Waals surface area contributed by atoms with Gasteiger partial charge in [0.1, 0.15) is 0 Å². The van der Waals surface area contributed by atoms with Crippen LogP contribution in [0.15, 0.2) is 30.3 Å². The normalized spacial score (nSPS) is 30.1. The SMILES string of the molecule is O=C(NCc1ccccc1)C1CC2CNCC2C1. The van der Waals surface area contributed by atoms with Crippen LogP contribution < -0.4 is 10.6 Å². The number of rotatable bonds is 3. The van der Waals surface area contributed by atoms with E-state index in [2.05, 4.69) is 10.6 Å². The molecule has 96 valence electrons. The van der Waals surface area contributed by atoms with Crippen LogP contribution in [0, 0.1) is 17.8 Å². The lowest BCUT2D eigenvalue weighted by atomic mass is 10.0. The second-order valence-electron chi connectivity index (χ2n) is 5.55. The molecule has 2 N–H and O–H groups in total. The van der Waals surface area contributed by atoms with Gasteiger partial charge < -0.3 is 10.6 Å². The van der Waals surface area contributed by atoms with E-state index in [1.54, 1.807) is 0 Å². The molecule has 3 rings (SSSR count). The van der Waals surface area contributed by atoms with E-state index in [0.717, 1.165) is 37.8 Å². The van der Waals surface area contributed by atoms with Crippen molar-refractivity contribution in [3.8, 4) is 0 Å². The lowest BCUT2D eigenvalue weighted by molar-refractivity contribution is -0.125. The van der Waals surface area contributed by atoms with Gasteiger partial charge in [-0.1, -0.05) is 30.3 Å². The minimum absolute atomic E-state index is 0.241. The molecule has 18 heavy (non-hydrogen) atoms. The van der Waals surface area contributed by atoms with Gasteiger partial charge in [-0.15, -0.1) is 0 Å². The zero-order chi connectivity index (χ0) is 12.4. The summed E-state index contributed by atoms with van der Waals surface area (Å²) in [6.45, 7) is 2.87. The number of nitrogens with one attached hydrogen (secondary N) is 2. The highest BCUT2D eigenvalue weighted by molar-refractivity contribution is 5.79. The van der Waals surface area contributed by atoms with Crippen molar-refractivity contribution < 1.29 is 4.79 Å². The molecule has 1 aliphatic heterocycles. The van der Waals surface area contributed by atoms with E-state index < -0.39 is 0 Å². The highest BCUT2D eigenvalue weighted by Crippen LogP contribution is 2.38. The summed E-state index contributed by atoms with van der Waals surface area (Å²) in [7, 11) is 0. The second kappa shape index (κ2) is 5.11. The molecule has 1 aliphatic carbocycles. The third kappa shape index (κ3) is 2.41. The van der Waals surface area contributed by atoms with Crippen molar-refractivity contribution in [2.75, 3.05) is 13.1 Å². The summed E-state index contributed by atoms with van der Waals surface area (Å²) in [5, 5.41) is 6.48. The molecular weight excluding hydrogens is 224 g/mol. The number of carbonyl (C=O) groups is 1. The van der Waals surface area contributed by atoms with Crippen LogP contribution in [0.3, 0.4) is 0 Å². The molecule has 1 amide bonds. The fraction of sp³-hybridized carbons (Fsp3) is 0.533. The predicted molar refractivity (Wildman–Crippen MR) is 70.9 cm³/mol. The van der Waals surface area contributed by atoms with Crippen molar-refractivity contribution in [1.29, 1.82) is 0 Å². The van der Waals surface area contributed by atoms with Gasteiger partial charge in [-0.2, -0.15) is 0 Å². The lowest BCUT2D eigenvalue weighted by Crippen LogP contribution is -2.30. The first-order valence-electron chi connectivity index (χ1n) is 6.85. The number of benzene rings is 1. The first-order chi connectivity index (χ1) is 8.83. The average molecular weight is 244 g/mol. The summed E-state index contributed by atoms with van der Waals surface area (Å²) in [5.41, 5.74) is 1.17. The van der Waals surface area contributed by atoms with Crippen molar-refractivity contribution in [2.24, 2.45) is 17.8 Å². The topological polar surface area (TPSA) is 41.1 Å². The Bertz CT molecular complexity index is 406. The molecule has 1 saturated heterocycles. The first kappa shape index (κ1) is 11.7. The summed E-state index contributed by atoms with van der Waals surface area (Å²) in [6, 6.07) is 10.1. The maximum absolute atomic E-state index is 12.1. The maximum atomic E-state index is 12.1. The van der Waals surface area contributed by atoms with Crippen LogP contribution in [0.1, 0.15) is 18.4 Å². The van der Waals surface area contributed by atoms with E-state index in [1.165, 1.54) is 5.56 Å². The molecule has 0 aromatic heterocycles. The number of amides is 1. The highest BCUT2D eigenvalue weighted by Gasteiger charge is 2.39. The molecular formula is C15H20N2O. The standard InChI is InChI=1S/C15H20N2O/c18-15(17-8-11-4-2-1-3-5-11)12-6-13-9-16-10-14(13)7-12/h1-5,12-14,16H,6-10H2,(H,17,18). The second-order valence-corrected chi connectivity index (χ2v) is 5.55. The Kier molecular flexibility index (Phi) is 3.33. The van der Waals surface area contributed by atoms with Gasteiger partial charge in [0.2, 0.25) is 5.91 Å². The summed E-state index contributed by atoms with van der Waals surface area (Å²) in [5.74, 6) is 1.95. The minimum atomic E-state index is 0.241. The van der Waals surface area contributed by atoms with Crippen molar-refractivity contribution >= 4 is 5.91 Å². The van der Waals surface area contributed by atoms with E-state index in [-0.39, 0.29) is 11.8 Å². The number of fused-ring (bicyclic) bond motifs is 1. The van der Waals surface area contributed by atoms with E-state index >= 15 is 0 Å². The fourth-order valence-corrected chi connectivity index (χ4v) is 3.31. The van der Waals surface area contributed by atoms with E-state index in [4.69, 9.17) is 0 Å². The predicted octanol–water partition coefficient (Wildman–Crippen LogP) is 1.55. The van der Waals surface area contributed by atoms with Gasteiger partial charge in [-0.25, -0.2) is 0 Å². The molecule has 1 aromatic rings. The van der Waals surface area contributed by atoms with Gasteiger partial charge >= 0.3 is 0 Å². The van der Waals surface area contributed by atoms with Crippen molar-refractivity contribution in [2.45, 2.75) is 19.4 Å². The maximum Gasteiger partial charge on any atom is 0.223 e. The Morgan fingerprint density at radius 2 is 1.83 bits per heavy atom. The Labute approximate surface area is 108 Å². The van der Waals surface area contributed by atoms with Gasteiger partial charge in [0.15, 0.2) is 0 Å². The smallest absolute Gasteiger partial charge is 0.223 e. The van der Waals surface area contributed by atoms with Gasteiger partial charge in [-0.3, -0.25) is 4.79 Å². The number of hydrogen-bond acceptors (Lipinski definition) is 2. The number of carbonyl (C=O) groups excluding carboxylic acids is 1. The molecule has 2 fully saturated rings. The Hall–Kier alpha value is -1.35. The molecule has 2 atom stereocenters. The average Bonchev–Trinajstić information content (AvgIpc) is 2.98. The highest BCUT2D eigenvalue weighted by atomic mass is 16.1. The summed E-state index contributed by atoms with van der Waals surface area (Å²) in [4.78, 5) is 12.1. The van der Waals surface area contributed by atoms with Crippen LogP contribution in [0.25, 0.3) is 0 Å². The molecule has 3 nitrogen and oxygen atoms in total. The van der Waals surface area contributed by atoms with Crippen LogP contribution in [-0.4, -0.2) is 19.0 Å². The zero-order valence-corrected chi connectivity index (χ0v) is 10.6. The van der Waals surface area contributed by atoms with Crippen LogP contribution in [0.2, 0.25) is 0 Å². The largest absolute Gasteiger partial charge is 0.352 e. The van der Waals surface area contributed by atoms with Crippen molar-refractivity contribution in [3.05, 3.63) is 35.9 Å². The molecule has 0 bridgehead atoms. The third-order valence-corrected chi connectivity index (χ3v) is 4.33. The fourth-order valence-electron chi connectivity index (χ4n) is 3.31. The minimum Gasteiger partial charge on any atom is -0.352 e. The van der Waals surface area contributed by atoms with Gasteiger partial charge in [0, 0.05) is 12.5 Å². The molecule has 2 unspecified atom stereocenters.